The highest BCUT2D eigenvalue weighted by molar-refractivity contribution is 5.14. The molecule has 1 nitrogen and oxygen atoms in total. The number of hydrogen-bond acceptors (Lipinski definition) is 1. The molecule has 0 heterocycles. The zero-order valence-corrected chi connectivity index (χ0v) is 12.4. The molecule has 0 aromatic carbocycles. The van der Waals surface area contributed by atoms with E-state index >= 15 is 0 Å². The molecule has 2 rings (SSSR count). The van der Waals surface area contributed by atoms with Crippen LogP contribution in [0.15, 0.2) is 12.2 Å². The van der Waals surface area contributed by atoms with Crippen molar-refractivity contribution in [2.45, 2.75) is 53.4 Å². The Labute approximate surface area is 112 Å². The summed E-state index contributed by atoms with van der Waals surface area (Å²) in [7, 11) is 0. The van der Waals surface area contributed by atoms with Gasteiger partial charge in [0.1, 0.15) is 0 Å². The standard InChI is InChI=1S/C17H27N/c1-11(2)13-8-9-17(5)15(12(3)4)6-7-16(17)14(13)10-18/h12-16H,1,6-9H2,2-5H3/t13-,14-,15-,16+,17-/m1/s1. The normalized spacial score (nSPS) is 43.6. The average molecular weight is 245 g/mol. The molecule has 2 saturated carbocycles. The van der Waals surface area contributed by atoms with Gasteiger partial charge in [-0.15, -0.1) is 0 Å². The van der Waals surface area contributed by atoms with E-state index in [0.29, 0.717) is 17.3 Å². The molecule has 2 aliphatic carbocycles. The lowest BCUT2D eigenvalue weighted by atomic mass is 9.56. The highest BCUT2D eigenvalue weighted by Crippen LogP contribution is 2.61. The summed E-state index contributed by atoms with van der Waals surface area (Å²) < 4.78 is 0. The molecule has 5 atom stereocenters. The second-order valence-electron chi connectivity index (χ2n) is 7.19. The van der Waals surface area contributed by atoms with Gasteiger partial charge in [0.25, 0.3) is 0 Å². The van der Waals surface area contributed by atoms with Crippen LogP contribution in [0.3, 0.4) is 0 Å². The molecular formula is C17H27N. The van der Waals surface area contributed by atoms with Gasteiger partial charge < -0.3 is 0 Å². The maximum absolute atomic E-state index is 9.61. The number of hydrogen-bond donors (Lipinski definition) is 0. The van der Waals surface area contributed by atoms with Gasteiger partial charge in [-0.05, 0) is 61.7 Å². The number of rotatable bonds is 2. The van der Waals surface area contributed by atoms with E-state index in [1.807, 2.05) is 0 Å². The Bertz CT molecular complexity index is 376. The number of nitrogens with zero attached hydrogens (tertiary/aromatic N) is 1. The van der Waals surface area contributed by atoms with Crippen LogP contribution >= 0.6 is 0 Å². The Hall–Kier alpha value is -0.770. The second kappa shape index (κ2) is 4.72. The highest BCUT2D eigenvalue weighted by Gasteiger charge is 2.54. The van der Waals surface area contributed by atoms with Crippen LogP contribution < -0.4 is 0 Å². The van der Waals surface area contributed by atoms with Gasteiger partial charge in [-0.3, -0.25) is 0 Å². The summed E-state index contributed by atoms with van der Waals surface area (Å²) in [6, 6.07) is 2.63. The Balaban J connectivity index is 2.29. The topological polar surface area (TPSA) is 23.8 Å². The summed E-state index contributed by atoms with van der Waals surface area (Å²) in [4.78, 5) is 0. The van der Waals surface area contributed by atoms with Crippen molar-refractivity contribution in [3.05, 3.63) is 12.2 Å². The first-order valence-corrected chi connectivity index (χ1v) is 7.46. The van der Waals surface area contributed by atoms with E-state index in [0.717, 1.165) is 11.8 Å². The quantitative estimate of drug-likeness (QED) is 0.641. The van der Waals surface area contributed by atoms with Crippen LogP contribution in [-0.4, -0.2) is 0 Å². The van der Waals surface area contributed by atoms with Gasteiger partial charge in [0.2, 0.25) is 0 Å². The minimum Gasteiger partial charge on any atom is -0.198 e. The maximum Gasteiger partial charge on any atom is 0.0665 e. The minimum atomic E-state index is 0.213. The predicted molar refractivity (Wildman–Crippen MR) is 75.8 cm³/mol. The number of allylic oxidation sites excluding steroid dienone is 1. The summed E-state index contributed by atoms with van der Waals surface area (Å²) in [6.07, 6.45) is 5.03. The molecule has 0 spiro atoms. The maximum atomic E-state index is 9.61. The Morgan fingerprint density at radius 1 is 1.33 bits per heavy atom. The van der Waals surface area contributed by atoms with Crippen molar-refractivity contribution >= 4 is 0 Å². The largest absolute Gasteiger partial charge is 0.198 e. The first kappa shape index (κ1) is 13.7. The molecule has 0 aromatic rings. The lowest BCUT2D eigenvalue weighted by Gasteiger charge is -2.47. The van der Waals surface area contributed by atoms with Crippen molar-refractivity contribution in [2.24, 2.45) is 35.0 Å². The fourth-order valence-electron chi connectivity index (χ4n) is 5.01. The zero-order valence-electron chi connectivity index (χ0n) is 12.4. The van der Waals surface area contributed by atoms with Crippen LogP contribution in [0.2, 0.25) is 0 Å². The monoisotopic (exact) mass is 245 g/mol. The molecule has 0 unspecified atom stereocenters. The van der Waals surface area contributed by atoms with Crippen molar-refractivity contribution in [2.75, 3.05) is 0 Å². The molecule has 0 N–H and O–H groups in total. The van der Waals surface area contributed by atoms with Crippen LogP contribution in [0.1, 0.15) is 53.4 Å². The molecule has 0 aliphatic heterocycles. The van der Waals surface area contributed by atoms with E-state index in [-0.39, 0.29) is 5.92 Å². The van der Waals surface area contributed by atoms with E-state index in [9.17, 15) is 5.26 Å². The molecule has 0 amide bonds. The molecule has 0 saturated heterocycles. The Morgan fingerprint density at radius 2 is 2.00 bits per heavy atom. The smallest absolute Gasteiger partial charge is 0.0665 e. The predicted octanol–water partition coefficient (Wildman–Crippen LogP) is 4.80. The van der Waals surface area contributed by atoms with Gasteiger partial charge in [-0.25, -0.2) is 0 Å². The first-order valence-electron chi connectivity index (χ1n) is 7.46. The van der Waals surface area contributed by atoms with Gasteiger partial charge in [0, 0.05) is 0 Å². The average Bonchev–Trinajstić information content (AvgIpc) is 2.64. The number of fused-ring (bicyclic) bond motifs is 1. The third kappa shape index (κ3) is 1.91. The molecule has 2 fully saturated rings. The fourth-order valence-corrected chi connectivity index (χ4v) is 5.01. The lowest BCUT2D eigenvalue weighted by Crippen LogP contribution is -2.42. The van der Waals surface area contributed by atoms with Crippen LogP contribution in [0, 0.1) is 46.3 Å². The molecule has 18 heavy (non-hydrogen) atoms. The Morgan fingerprint density at radius 3 is 2.50 bits per heavy atom. The van der Waals surface area contributed by atoms with Gasteiger partial charge >= 0.3 is 0 Å². The zero-order chi connectivity index (χ0) is 13.5. The highest BCUT2D eigenvalue weighted by atomic mass is 14.6. The Kier molecular flexibility index (Phi) is 3.58. The van der Waals surface area contributed by atoms with Crippen LogP contribution in [0.25, 0.3) is 0 Å². The molecule has 0 bridgehead atoms. The van der Waals surface area contributed by atoms with E-state index < -0.39 is 0 Å². The van der Waals surface area contributed by atoms with Crippen LogP contribution in [0.5, 0.6) is 0 Å². The van der Waals surface area contributed by atoms with E-state index in [1.165, 1.54) is 31.3 Å². The molecule has 0 aromatic heterocycles. The molecule has 0 radical (unpaired) electrons. The van der Waals surface area contributed by atoms with Crippen molar-refractivity contribution < 1.29 is 0 Å². The third-order valence-corrected chi connectivity index (χ3v) is 5.93. The SMILES string of the molecule is C=C(C)[C@H]1CC[C@]2(C)[C@@H](C(C)C)CC[C@H]2[C@@H]1C#N. The second-order valence-corrected chi connectivity index (χ2v) is 7.19. The fraction of sp³-hybridized carbons (Fsp3) is 0.824. The van der Waals surface area contributed by atoms with Crippen LogP contribution in [-0.2, 0) is 0 Å². The lowest BCUT2D eigenvalue weighted by molar-refractivity contribution is 0.0306. The molecule has 1 heteroatoms. The summed E-state index contributed by atoms with van der Waals surface area (Å²) in [5.41, 5.74) is 1.62. The van der Waals surface area contributed by atoms with Crippen LogP contribution in [0.4, 0.5) is 0 Å². The van der Waals surface area contributed by atoms with E-state index in [4.69, 9.17) is 0 Å². The van der Waals surface area contributed by atoms with Crippen molar-refractivity contribution in [1.82, 2.24) is 0 Å². The van der Waals surface area contributed by atoms with Gasteiger partial charge in [0.15, 0.2) is 0 Å². The summed E-state index contributed by atoms with van der Waals surface area (Å²) in [5, 5.41) is 9.61. The van der Waals surface area contributed by atoms with Gasteiger partial charge in [0.05, 0.1) is 12.0 Å². The molecule has 2 aliphatic rings. The minimum absolute atomic E-state index is 0.213. The third-order valence-electron chi connectivity index (χ3n) is 5.93. The summed E-state index contributed by atoms with van der Waals surface area (Å²) in [6.45, 7) is 13.4. The van der Waals surface area contributed by atoms with Gasteiger partial charge in [-0.2, -0.15) is 5.26 Å². The molecular weight excluding hydrogens is 218 g/mol. The summed E-state index contributed by atoms with van der Waals surface area (Å²) >= 11 is 0. The van der Waals surface area contributed by atoms with E-state index in [1.54, 1.807) is 0 Å². The number of nitriles is 1. The van der Waals surface area contributed by atoms with Crippen molar-refractivity contribution in [1.29, 1.82) is 5.26 Å². The van der Waals surface area contributed by atoms with Gasteiger partial charge in [-0.1, -0.05) is 32.9 Å². The first-order chi connectivity index (χ1) is 8.41. The molecule has 100 valence electrons. The van der Waals surface area contributed by atoms with Crippen molar-refractivity contribution in [3.8, 4) is 6.07 Å². The summed E-state index contributed by atoms with van der Waals surface area (Å²) in [5.74, 6) is 2.82. The van der Waals surface area contributed by atoms with Crippen molar-refractivity contribution in [3.63, 3.8) is 0 Å². The van der Waals surface area contributed by atoms with E-state index in [2.05, 4.69) is 40.3 Å².